The Labute approximate surface area is 165 Å². The quantitative estimate of drug-likeness (QED) is 0.770. The van der Waals surface area contributed by atoms with E-state index < -0.39 is 25.9 Å². The van der Waals surface area contributed by atoms with Crippen LogP contribution >= 0.6 is 0 Å². The average Bonchev–Trinajstić information content (AvgIpc) is 2.69. The summed E-state index contributed by atoms with van der Waals surface area (Å²) in [6.07, 6.45) is 2.77. The van der Waals surface area contributed by atoms with Crippen LogP contribution in [0.2, 0.25) is 0 Å². The average molecular weight is 427 g/mol. The molecule has 9 heteroatoms. The lowest BCUT2D eigenvalue weighted by Crippen LogP contribution is -2.35. The summed E-state index contributed by atoms with van der Waals surface area (Å²) >= 11 is 0. The molecule has 28 heavy (non-hydrogen) atoms. The Hall–Kier alpha value is -1.81. The van der Waals surface area contributed by atoms with Gasteiger partial charge in [0.15, 0.2) is 0 Å². The van der Waals surface area contributed by atoms with Crippen molar-refractivity contribution < 1.29 is 21.2 Å². The Bertz CT molecular complexity index is 1050. The molecule has 1 fully saturated rings. The van der Waals surface area contributed by atoms with Crippen LogP contribution in [0.3, 0.4) is 0 Å². The summed E-state index contributed by atoms with van der Waals surface area (Å²) in [5, 5.41) is 0. The van der Waals surface area contributed by atoms with E-state index in [1.54, 1.807) is 12.1 Å². The molecule has 1 saturated heterocycles. The van der Waals surface area contributed by atoms with Crippen molar-refractivity contribution in [3.8, 4) is 0 Å². The van der Waals surface area contributed by atoms with Crippen LogP contribution in [0, 0.1) is 12.7 Å². The van der Waals surface area contributed by atoms with Gasteiger partial charge in [-0.3, -0.25) is 0 Å². The number of rotatable bonds is 6. The van der Waals surface area contributed by atoms with Gasteiger partial charge in [0.05, 0.1) is 9.79 Å². The molecule has 0 bridgehead atoms. The molecule has 152 valence electrons. The first kappa shape index (κ1) is 20.9. The van der Waals surface area contributed by atoms with Gasteiger partial charge in [-0.1, -0.05) is 18.6 Å². The molecule has 0 atom stereocenters. The molecule has 0 unspecified atom stereocenters. The van der Waals surface area contributed by atoms with Gasteiger partial charge in [-0.05, 0) is 61.2 Å². The van der Waals surface area contributed by atoms with Crippen LogP contribution in [0.4, 0.5) is 4.39 Å². The van der Waals surface area contributed by atoms with Crippen LogP contribution in [0.15, 0.2) is 52.3 Å². The summed E-state index contributed by atoms with van der Waals surface area (Å²) in [5.41, 5.74) is 0.871. The van der Waals surface area contributed by atoms with Gasteiger partial charge in [0.2, 0.25) is 20.0 Å². The van der Waals surface area contributed by atoms with E-state index in [1.807, 2.05) is 0 Å². The Balaban J connectivity index is 1.69. The van der Waals surface area contributed by atoms with Crippen molar-refractivity contribution in [1.82, 2.24) is 9.03 Å². The smallest absolute Gasteiger partial charge is 0.207 e. The number of nitrogens with one attached hydrogen (secondary N) is 1. The van der Waals surface area contributed by atoms with E-state index in [0.717, 1.165) is 25.3 Å². The van der Waals surface area contributed by atoms with Gasteiger partial charge in [-0.2, -0.15) is 4.31 Å². The third-order valence-electron chi connectivity index (χ3n) is 4.78. The molecule has 3 rings (SSSR count). The molecule has 1 aliphatic rings. The largest absolute Gasteiger partial charge is 0.243 e. The lowest BCUT2D eigenvalue weighted by molar-refractivity contribution is 0.346. The minimum Gasteiger partial charge on any atom is -0.207 e. The number of benzene rings is 2. The third kappa shape index (κ3) is 4.60. The summed E-state index contributed by atoms with van der Waals surface area (Å²) < 4.78 is 67.3. The Morgan fingerprint density at radius 3 is 2.14 bits per heavy atom. The molecule has 0 aliphatic carbocycles. The van der Waals surface area contributed by atoms with Crippen LogP contribution in [0.25, 0.3) is 0 Å². The molecular weight excluding hydrogens is 403 g/mol. The highest BCUT2D eigenvalue weighted by Crippen LogP contribution is 2.21. The molecular formula is C19H23FN2O4S2. The highest BCUT2D eigenvalue weighted by atomic mass is 32.2. The minimum absolute atomic E-state index is 0.00278. The summed E-state index contributed by atoms with van der Waals surface area (Å²) in [7, 11) is -7.31. The lowest BCUT2D eigenvalue weighted by atomic mass is 10.2. The maximum atomic E-state index is 13.3. The number of halogens is 1. The number of nitrogens with zero attached hydrogens (tertiary/aromatic N) is 1. The van der Waals surface area contributed by atoms with Crippen molar-refractivity contribution in [3.63, 3.8) is 0 Å². The van der Waals surface area contributed by atoms with Crippen molar-refractivity contribution in [2.75, 3.05) is 13.1 Å². The molecule has 2 aromatic rings. The zero-order valence-corrected chi connectivity index (χ0v) is 17.2. The van der Waals surface area contributed by atoms with E-state index >= 15 is 0 Å². The van der Waals surface area contributed by atoms with Crippen molar-refractivity contribution in [2.45, 2.75) is 42.5 Å². The second kappa shape index (κ2) is 8.28. The van der Waals surface area contributed by atoms with E-state index in [0.29, 0.717) is 18.7 Å². The first-order chi connectivity index (χ1) is 13.2. The van der Waals surface area contributed by atoms with Crippen LogP contribution in [0.1, 0.15) is 30.4 Å². The predicted molar refractivity (Wildman–Crippen MR) is 104 cm³/mol. The summed E-state index contributed by atoms with van der Waals surface area (Å²) in [5.74, 6) is -0.468. The summed E-state index contributed by atoms with van der Waals surface area (Å²) in [4.78, 5) is 0.186. The fourth-order valence-corrected chi connectivity index (χ4v) is 5.70. The van der Waals surface area contributed by atoms with Crippen LogP contribution in [-0.2, 0) is 26.6 Å². The number of piperidine rings is 1. The molecule has 0 spiro atoms. The van der Waals surface area contributed by atoms with Gasteiger partial charge in [0.25, 0.3) is 0 Å². The van der Waals surface area contributed by atoms with Crippen molar-refractivity contribution in [3.05, 3.63) is 59.4 Å². The van der Waals surface area contributed by atoms with Crippen molar-refractivity contribution in [1.29, 1.82) is 0 Å². The monoisotopic (exact) mass is 426 g/mol. The third-order valence-corrected chi connectivity index (χ3v) is 8.09. The van der Waals surface area contributed by atoms with Crippen LogP contribution in [0.5, 0.6) is 0 Å². The van der Waals surface area contributed by atoms with Gasteiger partial charge in [0, 0.05) is 19.6 Å². The highest BCUT2D eigenvalue weighted by molar-refractivity contribution is 7.89. The molecule has 1 aliphatic heterocycles. The maximum Gasteiger partial charge on any atom is 0.243 e. The predicted octanol–water partition coefficient (Wildman–Crippen LogP) is 2.79. The molecule has 1 heterocycles. The molecule has 1 N–H and O–H groups in total. The lowest BCUT2D eigenvalue weighted by Gasteiger charge is -2.25. The number of hydrogen-bond acceptors (Lipinski definition) is 4. The SMILES string of the molecule is Cc1cc(S(=O)(=O)NCc2ccc(S(=O)(=O)N3CCCCC3)cc2)ccc1F. The first-order valence-electron chi connectivity index (χ1n) is 9.05. The summed E-state index contributed by atoms with van der Waals surface area (Å²) in [6.45, 7) is 2.56. The molecule has 6 nitrogen and oxygen atoms in total. The van der Waals surface area contributed by atoms with Gasteiger partial charge in [-0.25, -0.2) is 25.9 Å². The topological polar surface area (TPSA) is 83.5 Å². The number of sulfonamides is 2. The van der Waals surface area contributed by atoms with Crippen LogP contribution in [-0.4, -0.2) is 34.2 Å². The van der Waals surface area contributed by atoms with E-state index in [4.69, 9.17) is 0 Å². The number of aryl methyl sites for hydroxylation is 1. The van der Waals surface area contributed by atoms with Gasteiger partial charge in [0.1, 0.15) is 5.82 Å². The zero-order chi connectivity index (χ0) is 20.4. The fraction of sp³-hybridized carbons (Fsp3) is 0.368. The fourth-order valence-electron chi connectivity index (χ4n) is 3.08. The first-order valence-corrected chi connectivity index (χ1v) is 12.0. The van der Waals surface area contributed by atoms with E-state index in [9.17, 15) is 21.2 Å². The van der Waals surface area contributed by atoms with Gasteiger partial charge >= 0.3 is 0 Å². The van der Waals surface area contributed by atoms with Gasteiger partial charge in [-0.15, -0.1) is 0 Å². The minimum atomic E-state index is -3.80. The maximum absolute atomic E-state index is 13.3. The molecule has 2 aromatic carbocycles. The van der Waals surface area contributed by atoms with E-state index in [-0.39, 0.29) is 21.9 Å². The van der Waals surface area contributed by atoms with Gasteiger partial charge < -0.3 is 0 Å². The highest BCUT2D eigenvalue weighted by Gasteiger charge is 2.25. The summed E-state index contributed by atoms with van der Waals surface area (Å²) in [6, 6.07) is 9.77. The van der Waals surface area contributed by atoms with E-state index in [2.05, 4.69) is 4.72 Å². The molecule has 0 radical (unpaired) electrons. The van der Waals surface area contributed by atoms with Crippen molar-refractivity contribution in [2.24, 2.45) is 0 Å². The Kier molecular flexibility index (Phi) is 6.18. The second-order valence-electron chi connectivity index (χ2n) is 6.84. The van der Waals surface area contributed by atoms with E-state index in [1.165, 1.54) is 35.5 Å². The van der Waals surface area contributed by atoms with Crippen LogP contribution < -0.4 is 4.72 Å². The molecule has 0 amide bonds. The second-order valence-corrected chi connectivity index (χ2v) is 10.5. The Morgan fingerprint density at radius 2 is 1.54 bits per heavy atom. The number of hydrogen-bond donors (Lipinski definition) is 1. The zero-order valence-electron chi connectivity index (χ0n) is 15.6. The normalized spacial score (nSPS) is 16.2. The Morgan fingerprint density at radius 1 is 0.929 bits per heavy atom. The standard InChI is InChI=1S/C19H23FN2O4S2/c1-15-13-18(9-10-19(15)20)27(23,24)21-14-16-5-7-17(8-6-16)28(25,26)22-11-3-2-4-12-22/h5-10,13,21H,2-4,11-12,14H2,1H3. The molecule has 0 aromatic heterocycles. The van der Waals surface area contributed by atoms with Crippen molar-refractivity contribution >= 4 is 20.0 Å². The molecule has 0 saturated carbocycles.